The van der Waals surface area contributed by atoms with Crippen molar-refractivity contribution in [1.82, 2.24) is 10.0 Å². The van der Waals surface area contributed by atoms with Gasteiger partial charge in [0.25, 0.3) is 5.91 Å². The molecule has 2 aliphatic rings. The first-order valence-corrected chi connectivity index (χ1v) is 6.55. The van der Waals surface area contributed by atoms with E-state index in [0.29, 0.717) is 17.5 Å². The number of nitrogens with zero attached hydrogens (tertiary/aromatic N) is 2. The maximum Gasteiger partial charge on any atom is 0.280 e. The van der Waals surface area contributed by atoms with Crippen molar-refractivity contribution in [2.75, 3.05) is 26.3 Å². The van der Waals surface area contributed by atoms with Crippen LogP contribution in [-0.2, 0) is 9.53 Å². The Hall–Kier alpha value is -0.430. The minimum atomic E-state index is 0.0127. The summed E-state index contributed by atoms with van der Waals surface area (Å²) >= 11 is 6.62. The summed E-state index contributed by atoms with van der Waals surface area (Å²) in [5, 5.41) is 3.58. The number of hydrazine groups is 1. The van der Waals surface area contributed by atoms with Crippen LogP contribution in [-0.4, -0.2) is 46.5 Å². The minimum Gasteiger partial charge on any atom is -0.379 e. The number of carbonyl (C=O) groups is 1. The molecule has 0 atom stereocenters. The van der Waals surface area contributed by atoms with E-state index < -0.39 is 0 Å². The van der Waals surface area contributed by atoms with Gasteiger partial charge in [-0.1, -0.05) is 37.0 Å². The Kier molecular flexibility index (Phi) is 3.96. The molecule has 0 saturated carbocycles. The molecule has 2 heterocycles. The molecule has 0 bridgehead atoms. The van der Waals surface area contributed by atoms with Gasteiger partial charge in [-0.2, -0.15) is 0 Å². The molecular weight excluding hydrogens is 244 g/mol. The summed E-state index contributed by atoms with van der Waals surface area (Å²) in [7, 11) is 0. The first-order chi connectivity index (χ1) is 7.74. The first-order valence-electron chi connectivity index (χ1n) is 5.33. The van der Waals surface area contributed by atoms with Gasteiger partial charge in [0.2, 0.25) is 0 Å². The monoisotopic (exact) mass is 258 g/mol. The summed E-state index contributed by atoms with van der Waals surface area (Å²) in [6.07, 6.45) is 2.79. The number of hydrogen-bond donors (Lipinski definition) is 0. The van der Waals surface area contributed by atoms with Gasteiger partial charge in [-0.3, -0.25) is 4.79 Å². The van der Waals surface area contributed by atoms with Gasteiger partial charge < -0.3 is 4.74 Å². The van der Waals surface area contributed by atoms with Gasteiger partial charge in [-0.05, 0) is 6.42 Å². The van der Waals surface area contributed by atoms with Crippen molar-refractivity contribution in [2.24, 2.45) is 0 Å². The quantitative estimate of drug-likeness (QED) is 0.552. The van der Waals surface area contributed by atoms with Crippen LogP contribution in [0.3, 0.4) is 0 Å². The van der Waals surface area contributed by atoms with E-state index >= 15 is 0 Å². The molecule has 0 radical (unpaired) electrons. The number of carbonyl (C=O) groups excluding carboxylic acids is 1. The van der Waals surface area contributed by atoms with Crippen LogP contribution in [0.2, 0.25) is 0 Å². The van der Waals surface area contributed by atoms with Crippen LogP contribution in [0.15, 0.2) is 11.0 Å². The predicted molar refractivity (Wildman–Crippen MR) is 67.8 cm³/mol. The smallest absolute Gasteiger partial charge is 0.280 e. The van der Waals surface area contributed by atoms with Crippen molar-refractivity contribution in [3.05, 3.63) is 11.0 Å². The molecule has 0 aliphatic carbocycles. The molecule has 0 unspecified atom stereocenters. The van der Waals surface area contributed by atoms with E-state index in [1.54, 1.807) is 5.01 Å². The molecule has 0 aromatic carbocycles. The predicted octanol–water partition coefficient (Wildman–Crippen LogP) is 1.39. The van der Waals surface area contributed by atoms with E-state index in [-0.39, 0.29) is 5.91 Å². The van der Waals surface area contributed by atoms with E-state index in [1.807, 2.05) is 18.0 Å². The second-order valence-electron chi connectivity index (χ2n) is 3.53. The van der Waals surface area contributed by atoms with E-state index in [1.165, 1.54) is 11.8 Å². The number of amides is 1. The molecule has 2 saturated heterocycles. The SMILES string of the molecule is CC/C=C1/SC(=S)N(N2CCOCC2)C1=O. The minimum absolute atomic E-state index is 0.0127. The van der Waals surface area contributed by atoms with Gasteiger partial charge >= 0.3 is 0 Å². The molecule has 6 heteroatoms. The van der Waals surface area contributed by atoms with Crippen molar-refractivity contribution >= 4 is 34.2 Å². The van der Waals surface area contributed by atoms with Crippen LogP contribution in [0.1, 0.15) is 13.3 Å². The molecule has 0 aromatic heterocycles. The molecule has 2 fully saturated rings. The normalized spacial score (nSPS) is 25.8. The second kappa shape index (κ2) is 5.27. The topological polar surface area (TPSA) is 32.8 Å². The summed E-state index contributed by atoms with van der Waals surface area (Å²) in [5.41, 5.74) is 0. The zero-order chi connectivity index (χ0) is 11.5. The Morgan fingerprint density at radius 3 is 2.81 bits per heavy atom. The van der Waals surface area contributed by atoms with Gasteiger partial charge in [0.1, 0.15) is 0 Å². The van der Waals surface area contributed by atoms with Crippen LogP contribution >= 0.6 is 24.0 Å². The zero-order valence-corrected chi connectivity index (χ0v) is 10.8. The maximum atomic E-state index is 12.1. The Morgan fingerprint density at radius 2 is 2.19 bits per heavy atom. The Balaban J connectivity index is 2.12. The Morgan fingerprint density at radius 1 is 1.50 bits per heavy atom. The molecule has 0 aromatic rings. The lowest BCUT2D eigenvalue weighted by atomic mass is 10.4. The lowest BCUT2D eigenvalue weighted by Crippen LogP contribution is -2.50. The van der Waals surface area contributed by atoms with Gasteiger partial charge in [0.15, 0.2) is 4.32 Å². The maximum absolute atomic E-state index is 12.1. The van der Waals surface area contributed by atoms with E-state index in [0.717, 1.165) is 24.4 Å². The fraction of sp³-hybridized carbons (Fsp3) is 0.600. The Labute approximate surface area is 105 Å². The molecule has 4 nitrogen and oxygen atoms in total. The highest BCUT2D eigenvalue weighted by Gasteiger charge is 2.36. The van der Waals surface area contributed by atoms with Crippen LogP contribution in [0.25, 0.3) is 0 Å². The van der Waals surface area contributed by atoms with E-state index in [9.17, 15) is 4.79 Å². The summed E-state index contributed by atoms with van der Waals surface area (Å²) in [6.45, 7) is 4.78. The fourth-order valence-electron chi connectivity index (χ4n) is 1.68. The summed E-state index contributed by atoms with van der Waals surface area (Å²) < 4.78 is 5.89. The average molecular weight is 258 g/mol. The van der Waals surface area contributed by atoms with Crippen LogP contribution < -0.4 is 0 Å². The average Bonchev–Trinajstić information content (AvgIpc) is 2.56. The van der Waals surface area contributed by atoms with Crippen molar-refractivity contribution in [3.63, 3.8) is 0 Å². The van der Waals surface area contributed by atoms with E-state index in [4.69, 9.17) is 17.0 Å². The van der Waals surface area contributed by atoms with Crippen LogP contribution in [0, 0.1) is 0 Å². The molecule has 1 amide bonds. The van der Waals surface area contributed by atoms with Crippen LogP contribution in [0.5, 0.6) is 0 Å². The van der Waals surface area contributed by atoms with Crippen molar-refractivity contribution in [3.8, 4) is 0 Å². The van der Waals surface area contributed by atoms with Crippen molar-refractivity contribution in [1.29, 1.82) is 0 Å². The number of thiocarbonyl (C=S) groups is 1. The summed E-state index contributed by atoms with van der Waals surface area (Å²) in [4.78, 5) is 12.8. The third kappa shape index (κ3) is 2.29. The molecule has 88 valence electrons. The second-order valence-corrected chi connectivity index (χ2v) is 5.20. The molecular formula is C10H14N2O2S2. The highest BCUT2D eigenvalue weighted by molar-refractivity contribution is 8.26. The van der Waals surface area contributed by atoms with Gasteiger partial charge in [-0.15, -0.1) is 0 Å². The first kappa shape index (κ1) is 12.0. The molecule has 0 spiro atoms. The number of ether oxygens (including phenoxy) is 1. The highest BCUT2D eigenvalue weighted by atomic mass is 32.2. The van der Waals surface area contributed by atoms with Gasteiger partial charge in [0.05, 0.1) is 18.1 Å². The molecule has 16 heavy (non-hydrogen) atoms. The highest BCUT2D eigenvalue weighted by Crippen LogP contribution is 2.32. The summed E-state index contributed by atoms with van der Waals surface area (Å²) in [6, 6.07) is 0. The number of rotatable bonds is 2. The molecule has 0 N–H and O–H groups in total. The number of morpholine rings is 1. The lowest BCUT2D eigenvalue weighted by molar-refractivity contribution is -0.138. The molecule has 2 rings (SSSR count). The largest absolute Gasteiger partial charge is 0.379 e. The lowest BCUT2D eigenvalue weighted by Gasteiger charge is -2.33. The third-order valence-electron chi connectivity index (χ3n) is 2.43. The molecule has 2 aliphatic heterocycles. The van der Waals surface area contributed by atoms with E-state index in [2.05, 4.69) is 0 Å². The van der Waals surface area contributed by atoms with Crippen LogP contribution in [0.4, 0.5) is 0 Å². The third-order valence-corrected chi connectivity index (χ3v) is 3.76. The Bertz CT molecular complexity index is 338. The number of thioether (sulfide) groups is 1. The number of hydrogen-bond acceptors (Lipinski definition) is 5. The standard InChI is InChI=1S/C10H14N2O2S2/c1-2-3-8-9(13)12(10(15)16-8)11-4-6-14-7-5-11/h3H,2,4-7H2,1H3/b8-3+. The van der Waals surface area contributed by atoms with Crippen molar-refractivity contribution < 1.29 is 9.53 Å². The van der Waals surface area contributed by atoms with Gasteiger partial charge in [-0.25, -0.2) is 10.0 Å². The van der Waals surface area contributed by atoms with Gasteiger partial charge in [0, 0.05) is 13.1 Å². The number of allylic oxidation sites excluding steroid dienone is 1. The van der Waals surface area contributed by atoms with Crippen molar-refractivity contribution in [2.45, 2.75) is 13.3 Å². The zero-order valence-electron chi connectivity index (χ0n) is 9.14. The summed E-state index contributed by atoms with van der Waals surface area (Å²) in [5.74, 6) is 0.0127. The fourth-order valence-corrected chi connectivity index (χ4v) is 3.04.